The van der Waals surface area contributed by atoms with E-state index >= 15 is 0 Å². The van der Waals surface area contributed by atoms with Gasteiger partial charge in [-0.3, -0.25) is 14.4 Å². The molecule has 0 radical (unpaired) electrons. The second-order valence-corrected chi connectivity index (χ2v) is 8.94. The summed E-state index contributed by atoms with van der Waals surface area (Å²) in [6, 6.07) is 9.48. The quantitative estimate of drug-likeness (QED) is 0.495. The SMILES string of the molecule is COC(C)(C)C.Cc1cc(NC(=O)C(=O)N2CCN(C=O)C(C)C2)cnc1N.Fc1ccccc1. The second-order valence-electron chi connectivity index (χ2n) is 8.94. The molecule has 1 unspecified atom stereocenters. The monoisotopic (exact) mass is 489 g/mol. The number of benzene rings is 1. The third kappa shape index (κ3) is 11.0. The number of carbonyl (C=O) groups excluding carboxylic acids is 3. The summed E-state index contributed by atoms with van der Waals surface area (Å²) in [6.07, 6.45) is 2.16. The van der Waals surface area contributed by atoms with Crippen molar-refractivity contribution in [2.75, 3.05) is 37.8 Å². The first-order valence-corrected chi connectivity index (χ1v) is 11.2. The molecule has 35 heavy (non-hydrogen) atoms. The van der Waals surface area contributed by atoms with Crippen LogP contribution in [-0.2, 0) is 19.1 Å². The molecule has 1 atom stereocenters. The Morgan fingerprint density at radius 3 is 2.26 bits per heavy atom. The van der Waals surface area contributed by atoms with E-state index in [-0.39, 0.29) is 17.5 Å². The number of nitrogens with two attached hydrogens (primary N) is 1. The molecule has 2 aromatic rings. The van der Waals surface area contributed by atoms with E-state index in [1.54, 1.807) is 43.2 Å². The number of halogens is 1. The predicted molar refractivity (Wildman–Crippen MR) is 134 cm³/mol. The number of nitrogens with zero attached hydrogens (tertiary/aromatic N) is 3. The molecule has 2 heterocycles. The Hall–Kier alpha value is -3.53. The molecule has 9 nitrogen and oxygen atoms in total. The number of aryl methyl sites for hydroxylation is 1. The van der Waals surface area contributed by atoms with Crippen LogP contribution in [0.25, 0.3) is 0 Å². The van der Waals surface area contributed by atoms with Crippen molar-refractivity contribution in [1.82, 2.24) is 14.8 Å². The molecular weight excluding hydrogens is 453 g/mol. The lowest BCUT2D eigenvalue weighted by Crippen LogP contribution is -2.55. The molecule has 0 bridgehead atoms. The van der Waals surface area contributed by atoms with E-state index in [1.165, 1.54) is 23.2 Å². The first-order chi connectivity index (χ1) is 16.4. The lowest BCUT2D eigenvalue weighted by atomic mass is 10.2. The lowest BCUT2D eigenvalue weighted by Gasteiger charge is -2.37. The number of anilines is 2. The number of piperazine rings is 1. The predicted octanol–water partition coefficient (Wildman–Crippen LogP) is 2.86. The zero-order chi connectivity index (χ0) is 26.6. The summed E-state index contributed by atoms with van der Waals surface area (Å²) in [5.74, 6) is -1.14. The highest BCUT2D eigenvalue weighted by Gasteiger charge is 2.29. The van der Waals surface area contributed by atoms with Gasteiger partial charge in [-0.15, -0.1) is 0 Å². The van der Waals surface area contributed by atoms with Crippen molar-refractivity contribution in [3.8, 4) is 0 Å². The van der Waals surface area contributed by atoms with Crippen LogP contribution in [0.4, 0.5) is 15.9 Å². The van der Waals surface area contributed by atoms with Gasteiger partial charge in [0.1, 0.15) is 11.6 Å². The van der Waals surface area contributed by atoms with Crippen molar-refractivity contribution in [2.45, 2.75) is 46.3 Å². The zero-order valence-corrected chi connectivity index (χ0v) is 21.2. The molecule has 192 valence electrons. The van der Waals surface area contributed by atoms with Crippen LogP contribution in [0, 0.1) is 12.7 Å². The molecule has 0 saturated carbocycles. The maximum atomic E-state index is 12.2. The number of methoxy groups -OCH3 is 1. The van der Waals surface area contributed by atoms with Gasteiger partial charge in [-0.25, -0.2) is 9.37 Å². The van der Waals surface area contributed by atoms with Crippen LogP contribution in [-0.4, -0.2) is 71.4 Å². The number of carbonyl (C=O) groups is 3. The Labute approximate surface area is 206 Å². The Morgan fingerprint density at radius 2 is 1.83 bits per heavy atom. The smallest absolute Gasteiger partial charge is 0.313 e. The summed E-state index contributed by atoms with van der Waals surface area (Å²) in [5, 5.41) is 2.52. The summed E-state index contributed by atoms with van der Waals surface area (Å²) < 4.78 is 16.8. The maximum absolute atomic E-state index is 12.2. The van der Waals surface area contributed by atoms with Crippen molar-refractivity contribution < 1.29 is 23.5 Å². The third-order valence-corrected chi connectivity index (χ3v) is 5.02. The summed E-state index contributed by atoms with van der Waals surface area (Å²) in [7, 11) is 1.71. The molecule has 3 rings (SSSR count). The van der Waals surface area contributed by atoms with Gasteiger partial charge in [0.05, 0.1) is 17.5 Å². The fourth-order valence-electron chi connectivity index (χ4n) is 2.71. The van der Waals surface area contributed by atoms with Crippen LogP contribution < -0.4 is 11.1 Å². The standard InChI is InChI=1S/C14H19N5O3.C6H5F.C5H12O/c1-9-5-11(6-16-12(9)15)17-13(21)14(22)18-3-4-19(8-20)10(2)7-18;7-6-4-2-1-3-5-6;1-5(2,3)6-4/h5-6,8,10H,3-4,7H2,1-2H3,(H2,15,16)(H,17,21);1-5H;1-4H3. The van der Waals surface area contributed by atoms with Crippen molar-refractivity contribution in [3.05, 3.63) is 54.0 Å². The molecule has 0 spiro atoms. The van der Waals surface area contributed by atoms with Crippen LogP contribution in [0.5, 0.6) is 0 Å². The Morgan fingerprint density at radius 1 is 1.23 bits per heavy atom. The lowest BCUT2D eigenvalue weighted by molar-refractivity contribution is -0.146. The fourth-order valence-corrected chi connectivity index (χ4v) is 2.71. The molecule has 3 N–H and O–H groups in total. The maximum Gasteiger partial charge on any atom is 0.313 e. The molecule has 1 aromatic carbocycles. The number of amides is 3. The molecule has 1 saturated heterocycles. The van der Waals surface area contributed by atoms with Gasteiger partial charge in [0.2, 0.25) is 6.41 Å². The second kappa shape index (κ2) is 14.0. The van der Waals surface area contributed by atoms with Gasteiger partial charge in [-0.1, -0.05) is 18.2 Å². The molecule has 1 aliphatic rings. The zero-order valence-electron chi connectivity index (χ0n) is 21.2. The molecule has 3 amide bonds. The summed E-state index contributed by atoms with van der Waals surface area (Å²) in [5.41, 5.74) is 6.79. The van der Waals surface area contributed by atoms with E-state index in [2.05, 4.69) is 10.3 Å². The van der Waals surface area contributed by atoms with Crippen LogP contribution in [0.15, 0.2) is 42.6 Å². The van der Waals surface area contributed by atoms with Crippen molar-refractivity contribution >= 4 is 29.7 Å². The molecule has 10 heteroatoms. The highest BCUT2D eigenvalue weighted by molar-refractivity contribution is 6.39. The number of hydrogen-bond donors (Lipinski definition) is 2. The summed E-state index contributed by atoms with van der Waals surface area (Å²) in [6.45, 7) is 10.8. The summed E-state index contributed by atoms with van der Waals surface area (Å²) in [4.78, 5) is 42.0. The number of nitrogen functional groups attached to an aromatic ring is 1. The average molecular weight is 490 g/mol. The number of ether oxygens (including phenoxy) is 1. The van der Waals surface area contributed by atoms with Gasteiger partial charge in [-0.05, 0) is 58.4 Å². The molecular formula is C25H36FN5O4. The minimum Gasteiger partial charge on any atom is -0.383 e. The number of nitrogens with one attached hydrogen (secondary N) is 1. The molecule has 1 aliphatic heterocycles. The number of rotatable bonds is 2. The van der Waals surface area contributed by atoms with Gasteiger partial charge in [0.15, 0.2) is 0 Å². The average Bonchev–Trinajstić information content (AvgIpc) is 2.81. The first-order valence-electron chi connectivity index (χ1n) is 11.2. The van der Waals surface area contributed by atoms with Crippen LogP contribution in [0.1, 0.15) is 33.3 Å². The van der Waals surface area contributed by atoms with Crippen LogP contribution in [0.3, 0.4) is 0 Å². The largest absolute Gasteiger partial charge is 0.383 e. The normalized spacial score (nSPS) is 15.1. The van der Waals surface area contributed by atoms with E-state index in [0.717, 1.165) is 12.0 Å². The highest BCUT2D eigenvalue weighted by Crippen LogP contribution is 2.14. The topological polar surface area (TPSA) is 118 Å². The van der Waals surface area contributed by atoms with Crippen LogP contribution in [0.2, 0.25) is 0 Å². The Balaban J connectivity index is 0.000000384. The minimum absolute atomic E-state index is 0.0417. The van der Waals surface area contributed by atoms with E-state index in [0.29, 0.717) is 31.1 Å². The van der Waals surface area contributed by atoms with Gasteiger partial charge in [-0.2, -0.15) is 0 Å². The number of aromatic nitrogens is 1. The Bertz CT molecular complexity index is 966. The van der Waals surface area contributed by atoms with Crippen molar-refractivity contribution in [1.29, 1.82) is 0 Å². The van der Waals surface area contributed by atoms with Crippen molar-refractivity contribution in [2.24, 2.45) is 0 Å². The van der Waals surface area contributed by atoms with Gasteiger partial charge < -0.3 is 25.6 Å². The molecule has 1 fully saturated rings. The third-order valence-electron chi connectivity index (χ3n) is 5.02. The van der Waals surface area contributed by atoms with Gasteiger partial charge >= 0.3 is 11.8 Å². The van der Waals surface area contributed by atoms with E-state index in [4.69, 9.17) is 10.5 Å². The number of hydrogen-bond acceptors (Lipinski definition) is 6. The Kier molecular flexibility index (Phi) is 11.8. The van der Waals surface area contributed by atoms with E-state index < -0.39 is 11.8 Å². The van der Waals surface area contributed by atoms with Gasteiger partial charge in [0, 0.05) is 32.8 Å². The molecule has 1 aromatic heterocycles. The minimum atomic E-state index is -0.724. The number of pyridine rings is 1. The van der Waals surface area contributed by atoms with Gasteiger partial charge in [0.25, 0.3) is 0 Å². The molecule has 0 aliphatic carbocycles. The van der Waals surface area contributed by atoms with Crippen LogP contribution >= 0.6 is 0 Å². The fraction of sp³-hybridized carbons (Fsp3) is 0.440. The van der Waals surface area contributed by atoms with Crippen molar-refractivity contribution in [3.63, 3.8) is 0 Å². The first kappa shape index (κ1) is 29.5. The van der Waals surface area contributed by atoms with E-state index in [1.807, 2.05) is 27.7 Å². The highest BCUT2D eigenvalue weighted by atomic mass is 19.1. The van der Waals surface area contributed by atoms with E-state index in [9.17, 15) is 18.8 Å². The summed E-state index contributed by atoms with van der Waals surface area (Å²) >= 11 is 0.